The minimum atomic E-state index is -0.130. The Morgan fingerprint density at radius 2 is 2.25 bits per heavy atom. The molecule has 7 heteroatoms. The maximum Gasteiger partial charge on any atom is 0.220 e. The van der Waals surface area contributed by atoms with Crippen LogP contribution in [-0.2, 0) is 9.53 Å². The molecule has 0 unspecified atom stereocenters. The summed E-state index contributed by atoms with van der Waals surface area (Å²) < 4.78 is 11.0. The summed E-state index contributed by atoms with van der Waals surface area (Å²) in [7, 11) is 0. The molecule has 1 fully saturated rings. The molecule has 1 amide bonds. The van der Waals surface area contributed by atoms with Crippen molar-refractivity contribution in [2.45, 2.75) is 25.7 Å². The van der Waals surface area contributed by atoms with Crippen molar-refractivity contribution >= 4 is 29.1 Å². The number of carbonyl (C=O) groups is 1. The van der Waals surface area contributed by atoms with Gasteiger partial charge in [-0.3, -0.25) is 4.79 Å². The molecule has 1 aliphatic heterocycles. The maximum absolute atomic E-state index is 12.0. The third-order valence-corrected chi connectivity index (χ3v) is 5.01. The van der Waals surface area contributed by atoms with E-state index in [1.54, 1.807) is 18.2 Å². The van der Waals surface area contributed by atoms with E-state index in [-0.39, 0.29) is 17.9 Å². The Balaban J connectivity index is 1.67. The van der Waals surface area contributed by atoms with Crippen LogP contribution < -0.4 is 10.1 Å². The smallest absolute Gasteiger partial charge is 0.220 e. The highest BCUT2D eigenvalue weighted by Crippen LogP contribution is 2.32. The molecule has 2 N–H and O–H groups in total. The highest BCUT2D eigenvalue weighted by molar-refractivity contribution is 6.42. The molecule has 0 aromatic heterocycles. The number of aliphatic hydroxyl groups is 1. The number of rotatable bonds is 9. The summed E-state index contributed by atoms with van der Waals surface area (Å²) in [6.07, 6.45) is 2.46. The molecule has 1 aliphatic rings. The van der Waals surface area contributed by atoms with Crippen molar-refractivity contribution in [2.24, 2.45) is 5.41 Å². The number of hydrogen-bond acceptors (Lipinski definition) is 4. The van der Waals surface area contributed by atoms with Gasteiger partial charge in [0.15, 0.2) is 0 Å². The molecule has 1 heterocycles. The molecule has 24 heavy (non-hydrogen) atoms. The third-order valence-electron chi connectivity index (χ3n) is 4.21. The molecule has 134 valence electrons. The van der Waals surface area contributed by atoms with Gasteiger partial charge in [-0.1, -0.05) is 29.3 Å². The Morgan fingerprint density at radius 3 is 2.96 bits per heavy atom. The van der Waals surface area contributed by atoms with Crippen LogP contribution in [0.4, 0.5) is 0 Å². The minimum absolute atomic E-state index is 0.0278. The van der Waals surface area contributed by atoms with Gasteiger partial charge in [0.2, 0.25) is 5.91 Å². The van der Waals surface area contributed by atoms with E-state index in [4.69, 9.17) is 32.7 Å². The van der Waals surface area contributed by atoms with Crippen molar-refractivity contribution in [3.8, 4) is 5.75 Å². The average molecular weight is 376 g/mol. The van der Waals surface area contributed by atoms with Gasteiger partial charge in [0, 0.05) is 31.6 Å². The molecule has 0 aliphatic carbocycles. The average Bonchev–Trinajstić information content (AvgIpc) is 3.03. The van der Waals surface area contributed by atoms with Gasteiger partial charge in [-0.2, -0.15) is 0 Å². The third kappa shape index (κ3) is 5.52. The standard InChI is InChI=1S/C17H23Cl2NO4/c18-13-3-1-4-14(16(13)19)24-9-2-5-15(22)20-11-17(6-8-21)7-10-23-12-17/h1,3-4,21H,2,5-12H2,(H,20,22)/t17-/m0/s1. The summed E-state index contributed by atoms with van der Waals surface area (Å²) >= 11 is 11.9. The van der Waals surface area contributed by atoms with Crippen LogP contribution in [-0.4, -0.2) is 44.0 Å². The van der Waals surface area contributed by atoms with E-state index in [1.807, 2.05) is 0 Å². The van der Waals surface area contributed by atoms with Crippen molar-refractivity contribution in [2.75, 3.05) is 33.0 Å². The summed E-state index contributed by atoms with van der Waals surface area (Å²) in [5.41, 5.74) is -0.130. The number of nitrogens with one attached hydrogen (secondary N) is 1. The maximum atomic E-state index is 12.0. The molecule has 0 bridgehead atoms. The summed E-state index contributed by atoms with van der Waals surface area (Å²) in [5.74, 6) is 0.495. The number of amides is 1. The van der Waals surface area contributed by atoms with Gasteiger partial charge in [-0.25, -0.2) is 0 Å². The molecular weight excluding hydrogens is 353 g/mol. The first-order valence-electron chi connectivity index (χ1n) is 8.08. The number of hydrogen-bond donors (Lipinski definition) is 2. The summed E-state index contributed by atoms with van der Waals surface area (Å²) in [4.78, 5) is 12.0. The summed E-state index contributed by atoms with van der Waals surface area (Å²) in [6, 6.07) is 5.20. The second-order valence-electron chi connectivity index (χ2n) is 6.06. The summed E-state index contributed by atoms with van der Waals surface area (Å²) in [6.45, 7) is 2.30. The molecule has 1 aromatic carbocycles. The van der Waals surface area contributed by atoms with Crippen molar-refractivity contribution in [3.05, 3.63) is 28.2 Å². The van der Waals surface area contributed by atoms with Crippen LogP contribution in [0.15, 0.2) is 18.2 Å². The van der Waals surface area contributed by atoms with Crippen LogP contribution in [0.1, 0.15) is 25.7 Å². The van der Waals surface area contributed by atoms with E-state index in [1.165, 1.54) is 0 Å². The molecule has 2 rings (SSSR count). The van der Waals surface area contributed by atoms with Crippen LogP contribution >= 0.6 is 23.2 Å². The SMILES string of the molecule is O=C(CCCOc1cccc(Cl)c1Cl)NC[C@]1(CCO)CCOC1. The van der Waals surface area contributed by atoms with Gasteiger partial charge < -0.3 is 19.9 Å². The first kappa shape index (κ1) is 19.3. The Morgan fingerprint density at radius 1 is 1.42 bits per heavy atom. The number of benzene rings is 1. The highest BCUT2D eigenvalue weighted by atomic mass is 35.5. The van der Waals surface area contributed by atoms with Gasteiger partial charge >= 0.3 is 0 Å². The fourth-order valence-corrected chi connectivity index (χ4v) is 3.04. The number of halogens is 2. The number of carbonyl (C=O) groups excluding carboxylic acids is 1. The Labute approximate surface area is 152 Å². The normalized spacial score (nSPS) is 20.1. The molecule has 1 saturated heterocycles. The zero-order valence-electron chi connectivity index (χ0n) is 13.5. The minimum Gasteiger partial charge on any atom is -0.492 e. The van der Waals surface area contributed by atoms with Gasteiger partial charge in [0.05, 0.1) is 18.2 Å². The fraction of sp³-hybridized carbons (Fsp3) is 0.588. The van der Waals surface area contributed by atoms with Gasteiger partial charge in [-0.05, 0) is 31.4 Å². The molecule has 0 spiro atoms. The molecule has 1 atom stereocenters. The number of aliphatic hydroxyl groups excluding tert-OH is 1. The van der Waals surface area contributed by atoms with Gasteiger partial charge in [0.1, 0.15) is 10.8 Å². The van der Waals surface area contributed by atoms with Crippen molar-refractivity contribution in [1.29, 1.82) is 0 Å². The zero-order valence-corrected chi connectivity index (χ0v) is 15.0. The van der Waals surface area contributed by atoms with Gasteiger partial charge in [-0.15, -0.1) is 0 Å². The molecule has 1 aromatic rings. The van der Waals surface area contributed by atoms with E-state index in [0.717, 1.165) is 6.42 Å². The van der Waals surface area contributed by atoms with Crippen LogP contribution in [0.5, 0.6) is 5.75 Å². The monoisotopic (exact) mass is 375 g/mol. The van der Waals surface area contributed by atoms with Crippen LogP contribution in [0.25, 0.3) is 0 Å². The first-order chi connectivity index (χ1) is 11.6. The second-order valence-corrected chi connectivity index (χ2v) is 6.84. The van der Waals surface area contributed by atoms with Crippen molar-refractivity contribution in [1.82, 2.24) is 5.32 Å². The Bertz CT molecular complexity index is 547. The topological polar surface area (TPSA) is 67.8 Å². The highest BCUT2D eigenvalue weighted by Gasteiger charge is 2.34. The zero-order chi connectivity index (χ0) is 17.4. The predicted octanol–water partition coefficient (Wildman–Crippen LogP) is 3.06. The van der Waals surface area contributed by atoms with Crippen LogP contribution in [0.2, 0.25) is 10.0 Å². The van der Waals surface area contributed by atoms with E-state index >= 15 is 0 Å². The lowest BCUT2D eigenvalue weighted by molar-refractivity contribution is -0.121. The van der Waals surface area contributed by atoms with Crippen molar-refractivity contribution in [3.63, 3.8) is 0 Å². The Hall–Kier alpha value is -1.01. The van der Waals surface area contributed by atoms with E-state index in [0.29, 0.717) is 61.4 Å². The summed E-state index contributed by atoms with van der Waals surface area (Å²) in [5, 5.41) is 12.9. The predicted molar refractivity (Wildman–Crippen MR) is 93.8 cm³/mol. The number of ether oxygens (including phenoxy) is 2. The van der Waals surface area contributed by atoms with E-state index in [2.05, 4.69) is 5.32 Å². The first-order valence-corrected chi connectivity index (χ1v) is 8.84. The van der Waals surface area contributed by atoms with Crippen LogP contribution in [0, 0.1) is 5.41 Å². The lowest BCUT2D eigenvalue weighted by Crippen LogP contribution is -2.38. The molecule has 5 nitrogen and oxygen atoms in total. The Kier molecular flexibility index (Phi) is 7.62. The van der Waals surface area contributed by atoms with E-state index in [9.17, 15) is 9.90 Å². The second kappa shape index (κ2) is 9.47. The molecular formula is C17H23Cl2NO4. The largest absolute Gasteiger partial charge is 0.492 e. The van der Waals surface area contributed by atoms with Gasteiger partial charge in [0.25, 0.3) is 0 Å². The fourth-order valence-electron chi connectivity index (χ4n) is 2.70. The van der Waals surface area contributed by atoms with Crippen molar-refractivity contribution < 1.29 is 19.4 Å². The lowest BCUT2D eigenvalue weighted by atomic mass is 9.84. The molecule has 0 radical (unpaired) electrons. The van der Waals surface area contributed by atoms with E-state index < -0.39 is 0 Å². The van der Waals surface area contributed by atoms with Crippen LogP contribution in [0.3, 0.4) is 0 Å². The quantitative estimate of drug-likeness (QED) is 0.650. The lowest BCUT2D eigenvalue weighted by Gasteiger charge is -2.26. The molecule has 0 saturated carbocycles.